The second-order valence-electron chi connectivity index (χ2n) is 20.3. The van der Waals surface area contributed by atoms with Crippen LogP contribution in [0.15, 0.2) is 43.3 Å². The molecular formula is C43H61N15O8SSi2. The van der Waals surface area contributed by atoms with Crippen LogP contribution in [-0.4, -0.2) is 152 Å². The van der Waals surface area contributed by atoms with E-state index in [4.69, 9.17) is 49.9 Å². The molecule has 0 radical (unpaired) electrons. The third kappa shape index (κ3) is 10.3. The molecule has 2 saturated heterocycles. The molecule has 4 aliphatic rings. The van der Waals surface area contributed by atoms with E-state index in [2.05, 4.69) is 129 Å². The molecule has 0 amide bonds. The first-order valence-electron chi connectivity index (χ1n) is 22.7. The number of aliphatic hydroxyl groups is 1. The Kier molecular flexibility index (Phi) is 14.2. The summed E-state index contributed by atoms with van der Waals surface area (Å²) in [5.41, 5.74) is 6.24. The lowest BCUT2D eigenvalue weighted by atomic mass is 10.1. The molecular weight excluding hydrogens is 943 g/mol. The summed E-state index contributed by atoms with van der Waals surface area (Å²) in [6.45, 7) is 28.7. The van der Waals surface area contributed by atoms with Crippen LogP contribution in [0.3, 0.4) is 0 Å². The highest BCUT2D eigenvalue weighted by atomic mass is 32.1. The average Bonchev–Trinajstić information content (AvgIpc) is 4.15. The fraction of sp³-hybridized carbons (Fsp3) is 0.605. The van der Waals surface area contributed by atoms with Crippen molar-refractivity contribution < 1.29 is 37.6 Å². The lowest BCUT2D eigenvalue weighted by molar-refractivity contribution is -0.0581. The Bertz CT molecular complexity index is 2860. The van der Waals surface area contributed by atoms with Gasteiger partial charge in [0.25, 0.3) is 0 Å². The van der Waals surface area contributed by atoms with Gasteiger partial charge in [-0.3, -0.25) is 13.7 Å². The topological polar surface area (TPSA) is 254 Å². The van der Waals surface area contributed by atoms with Crippen LogP contribution < -0.4 is 0 Å². The van der Waals surface area contributed by atoms with Gasteiger partial charge in [0.1, 0.15) is 34.9 Å². The van der Waals surface area contributed by atoms with Gasteiger partial charge < -0.3 is 37.6 Å². The van der Waals surface area contributed by atoms with Crippen molar-refractivity contribution in [2.75, 3.05) is 19.8 Å². The Morgan fingerprint density at radius 2 is 1.00 bits per heavy atom. The molecule has 6 aromatic rings. The Balaban J connectivity index is 0.000000143. The number of aliphatic hydroxyl groups excluding tert-OH is 1. The number of ether oxygens (including phenoxy) is 5. The first kappa shape index (κ1) is 50.2. The molecule has 10 rings (SSSR count). The van der Waals surface area contributed by atoms with Crippen LogP contribution in [0, 0.1) is 20.8 Å². The molecule has 2 fully saturated rings. The van der Waals surface area contributed by atoms with E-state index < -0.39 is 29.0 Å². The molecule has 69 heavy (non-hydrogen) atoms. The zero-order valence-electron chi connectivity index (χ0n) is 41.2. The van der Waals surface area contributed by atoms with Crippen LogP contribution >= 0.6 is 12.2 Å². The molecule has 8 atom stereocenters. The molecule has 26 heteroatoms. The molecule has 0 spiro atoms. The van der Waals surface area contributed by atoms with Crippen molar-refractivity contribution in [2.45, 2.75) is 148 Å². The number of aryl methyl sites for hydroxylation is 3. The van der Waals surface area contributed by atoms with E-state index in [0.717, 1.165) is 16.9 Å². The number of fused-ring (bicyclic) bond motifs is 4. The van der Waals surface area contributed by atoms with E-state index in [-0.39, 0.29) is 58.8 Å². The highest BCUT2D eigenvalue weighted by molar-refractivity contribution is 7.79. The van der Waals surface area contributed by atoms with Crippen molar-refractivity contribution in [3.63, 3.8) is 0 Å². The molecule has 1 N–H and O–H groups in total. The highest BCUT2D eigenvalue weighted by Gasteiger charge is 2.55. The molecule has 0 unspecified atom stereocenters. The van der Waals surface area contributed by atoms with Crippen LogP contribution in [0.4, 0.5) is 0 Å². The van der Waals surface area contributed by atoms with E-state index in [9.17, 15) is 0 Å². The average molecular weight is 1000 g/mol. The van der Waals surface area contributed by atoms with Crippen molar-refractivity contribution in [2.24, 2.45) is 0 Å². The summed E-state index contributed by atoms with van der Waals surface area (Å²) >= 11 is 5.15. The van der Waals surface area contributed by atoms with Gasteiger partial charge >= 0.3 is 5.24 Å². The van der Waals surface area contributed by atoms with E-state index in [0.29, 0.717) is 46.9 Å². The summed E-state index contributed by atoms with van der Waals surface area (Å²) in [5, 5.41) is 44.6. The molecule has 10 heterocycles. The van der Waals surface area contributed by atoms with E-state index in [1.165, 1.54) is 0 Å². The maximum atomic E-state index is 9.00. The van der Waals surface area contributed by atoms with Crippen LogP contribution in [0.1, 0.15) is 77.3 Å². The Labute approximate surface area is 406 Å². The number of rotatable bonds is 10. The van der Waals surface area contributed by atoms with Gasteiger partial charge in [-0.15, -0.1) is 30.6 Å². The first-order valence-corrected chi connectivity index (χ1v) is 29.0. The molecule has 370 valence electrons. The number of aromatic nitrogens is 15. The normalized spacial score (nSPS) is 24.6. The van der Waals surface area contributed by atoms with E-state index >= 15 is 0 Å². The fourth-order valence-electron chi connectivity index (χ4n) is 7.31. The largest absolute Gasteiger partial charge is 0.447 e. The van der Waals surface area contributed by atoms with Gasteiger partial charge in [-0.1, -0.05) is 53.7 Å². The van der Waals surface area contributed by atoms with Gasteiger partial charge in [0, 0.05) is 12.2 Å². The Hall–Kier alpha value is -5.20. The quantitative estimate of drug-likeness (QED) is 0.101. The molecule has 0 aliphatic carbocycles. The minimum atomic E-state index is -1.93. The van der Waals surface area contributed by atoms with Crippen molar-refractivity contribution in [3.05, 3.63) is 60.4 Å². The van der Waals surface area contributed by atoms with Crippen LogP contribution in [0.2, 0.25) is 36.3 Å². The summed E-state index contributed by atoms with van der Waals surface area (Å²) in [6, 6.07) is 0. The zero-order chi connectivity index (χ0) is 49.6. The maximum Gasteiger partial charge on any atom is 0.353 e. The molecule has 0 saturated carbocycles. The van der Waals surface area contributed by atoms with Crippen molar-refractivity contribution in [1.29, 1.82) is 0 Å². The number of hydrogen-bond donors (Lipinski definition) is 1. The predicted molar refractivity (Wildman–Crippen MR) is 259 cm³/mol. The van der Waals surface area contributed by atoms with Gasteiger partial charge in [-0.05, 0) is 84.8 Å². The smallest absolute Gasteiger partial charge is 0.353 e. The maximum absolute atomic E-state index is 9.00. The standard InChI is InChI=1S/C17H25N5O4SSi.C16H25N5O2Si.C10H11N5O2/c1-9-11-14(20-21-19-9)22(8-18-11)15-13-12(25-16(27)26-13)10(24-15)7-23-28(5,6)17(2,3)4;1-11-14-15(19-20-18-11)21(10-17-14)13-8-7-12(23-13)9-22-24(5,6)16(2,3)4;1-6-9-10(13-14-12-6)15(5-11-9)8-3-2-7(4-16)17-8/h8,10,12-13,15H,7H2,1-6H3;7-8,10,12-13H,9H2,1-6H3;2-3,5,7-8,16H,4H2,1H3/t10-,12-,13-,15-;12-,13+;7-,8+/m100/s1. The number of thiocarbonyl (C=S) groups is 1. The highest BCUT2D eigenvalue weighted by Crippen LogP contribution is 2.42. The van der Waals surface area contributed by atoms with E-state index in [1.54, 1.807) is 28.1 Å². The Morgan fingerprint density at radius 3 is 1.46 bits per heavy atom. The van der Waals surface area contributed by atoms with Crippen molar-refractivity contribution in [3.8, 4) is 0 Å². The number of imidazole rings is 3. The van der Waals surface area contributed by atoms with E-state index in [1.807, 2.05) is 49.6 Å². The van der Waals surface area contributed by atoms with Gasteiger partial charge in [-0.2, -0.15) is 0 Å². The third-order valence-electron chi connectivity index (χ3n) is 13.5. The SMILES string of the molecule is Cc1nnnc2c1ncn2[C@@H]1O[C@H](CO[Si](C)(C)C(C)(C)C)[C@H]2OC(=S)O[C@H]21.Cc1nnnc2c1ncn2[C@H]1C=C[C@@H](CO)O1.Cc1nnnc2c1ncn2[C@H]1C=C[C@@H](CO[Si](C)(C)C(C)(C)C)O1. The fourth-order valence-corrected chi connectivity index (χ4v) is 9.56. The summed E-state index contributed by atoms with van der Waals surface area (Å²) in [7, 11) is -3.71. The second-order valence-corrected chi connectivity index (χ2v) is 30.3. The molecule has 4 aliphatic heterocycles. The Morgan fingerprint density at radius 1 is 0.580 bits per heavy atom. The number of hydrogen-bond acceptors (Lipinski definition) is 21. The van der Waals surface area contributed by atoms with Gasteiger partial charge in [0.2, 0.25) is 0 Å². The van der Waals surface area contributed by atoms with Gasteiger partial charge in [0.05, 0.1) is 55.9 Å². The summed E-state index contributed by atoms with van der Waals surface area (Å²) < 4.78 is 47.5. The van der Waals surface area contributed by atoms with Gasteiger partial charge in [0.15, 0.2) is 64.5 Å². The molecule has 23 nitrogen and oxygen atoms in total. The summed E-state index contributed by atoms with van der Waals surface area (Å²) in [5.74, 6) is 0. The summed E-state index contributed by atoms with van der Waals surface area (Å²) in [4.78, 5) is 13.0. The monoisotopic (exact) mass is 1000 g/mol. The van der Waals surface area contributed by atoms with Gasteiger partial charge in [-0.25, -0.2) is 15.0 Å². The van der Waals surface area contributed by atoms with Crippen LogP contribution in [-0.2, 0) is 32.5 Å². The molecule has 6 aromatic heterocycles. The molecule has 0 bridgehead atoms. The third-order valence-corrected chi connectivity index (χ3v) is 22.7. The summed E-state index contributed by atoms with van der Waals surface area (Å²) in [6.07, 6.45) is 10.4. The predicted octanol–water partition coefficient (Wildman–Crippen LogP) is 5.50. The minimum absolute atomic E-state index is 0.0358. The lowest BCUT2D eigenvalue weighted by Crippen LogP contribution is -2.44. The lowest BCUT2D eigenvalue weighted by Gasteiger charge is -2.37. The van der Waals surface area contributed by atoms with Crippen molar-refractivity contribution in [1.82, 2.24) is 74.9 Å². The zero-order valence-corrected chi connectivity index (χ0v) is 44.0. The van der Waals surface area contributed by atoms with Crippen LogP contribution in [0.25, 0.3) is 33.5 Å². The first-order chi connectivity index (χ1) is 32.6. The van der Waals surface area contributed by atoms with Crippen molar-refractivity contribution >= 4 is 67.6 Å². The minimum Gasteiger partial charge on any atom is -0.447 e. The van der Waals surface area contributed by atoms with Crippen LogP contribution in [0.5, 0.6) is 0 Å². The second kappa shape index (κ2) is 19.5. The number of nitrogens with zero attached hydrogens (tertiary/aromatic N) is 15. The molecule has 0 aromatic carbocycles.